The minimum Gasteiger partial charge on any atom is -0.346 e. The molecule has 4 rings (SSSR count). The lowest BCUT2D eigenvalue weighted by Crippen LogP contribution is -2.23. The van der Waals surface area contributed by atoms with Gasteiger partial charge in [-0.2, -0.15) is 5.10 Å². The first kappa shape index (κ1) is 17.2. The fourth-order valence-electron chi connectivity index (χ4n) is 2.77. The quantitative estimate of drug-likeness (QED) is 0.555. The van der Waals surface area contributed by atoms with E-state index in [1.54, 1.807) is 17.5 Å². The second kappa shape index (κ2) is 7.97. The van der Waals surface area contributed by atoms with Gasteiger partial charge in [-0.1, -0.05) is 42.5 Å². The predicted octanol–water partition coefficient (Wildman–Crippen LogP) is 3.98. The summed E-state index contributed by atoms with van der Waals surface area (Å²) in [6.07, 6.45) is 3.65. The molecule has 0 aliphatic rings. The number of carbonyl (C=O) groups is 1. The average Bonchev–Trinajstić information content (AvgIpc) is 3.39. The van der Waals surface area contributed by atoms with E-state index in [2.05, 4.69) is 15.4 Å². The molecule has 0 saturated carbocycles. The van der Waals surface area contributed by atoms with Gasteiger partial charge in [0.1, 0.15) is 5.01 Å². The van der Waals surface area contributed by atoms with Crippen molar-refractivity contribution < 1.29 is 4.79 Å². The van der Waals surface area contributed by atoms with Gasteiger partial charge in [0.2, 0.25) is 0 Å². The smallest absolute Gasteiger partial charge is 0.251 e. The highest BCUT2D eigenvalue weighted by molar-refractivity contribution is 7.13. The number of thiazole rings is 1. The minimum absolute atomic E-state index is 0.105. The third-order valence-electron chi connectivity index (χ3n) is 4.10. The van der Waals surface area contributed by atoms with Crippen molar-refractivity contribution in [2.75, 3.05) is 0 Å². The Balaban J connectivity index is 1.39. The van der Waals surface area contributed by atoms with Crippen molar-refractivity contribution in [3.8, 4) is 10.6 Å². The van der Waals surface area contributed by atoms with Crippen molar-refractivity contribution >= 4 is 17.2 Å². The Labute approximate surface area is 161 Å². The maximum absolute atomic E-state index is 12.5. The van der Waals surface area contributed by atoms with Gasteiger partial charge in [0.25, 0.3) is 5.91 Å². The number of aromatic nitrogens is 3. The molecule has 27 heavy (non-hydrogen) atoms. The highest BCUT2D eigenvalue weighted by Gasteiger charge is 2.09. The Bertz CT molecular complexity index is 1030. The molecule has 0 saturated heterocycles. The molecule has 2 aromatic heterocycles. The second-order valence-electron chi connectivity index (χ2n) is 6.10. The largest absolute Gasteiger partial charge is 0.346 e. The van der Waals surface area contributed by atoms with Gasteiger partial charge in [-0.25, -0.2) is 4.98 Å². The Morgan fingerprint density at radius 1 is 1.07 bits per heavy atom. The van der Waals surface area contributed by atoms with Crippen LogP contribution in [0.2, 0.25) is 0 Å². The molecule has 0 bridgehead atoms. The van der Waals surface area contributed by atoms with E-state index in [-0.39, 0.29) is 5.91 Å². The fourth-order valence-corrected chi connectivity index (χ4v) is 3.59. The summed E-state index contributed by atoms with van der Waals surface area (Å²) in [4.78, 5) is 17.1. The Kier molecular flexibility index (Phi) is 5.07. The number of benzene rings is 2. The van der Waals surface area contributed by atoms with Crippen LogP contribution in [0.15, 0.2) is 78.4 Å². The standard InChI is InChI=1S/C21H18N4OS/c26-20(18-9-4-6-16(12-18)14-25-11-5-10-23-25)22-13-19-15-27-21(24-19)17-7-2-1-3-8-17/h1-12,15H,13-14H2,(H,22,26). The summed E-state index contributed by atoms with van der Waals surface area (Å²) < 4.78 is 1.83. The number of nitrogens with zero attached hydrogens (tertiary/aromatic N) is 3. The topological polar surface area (TPSA) is 59.8 Å². The third-order valence-corrected chi connectivity index (χ3v) is 5.04. The lowest BCUT2D eigenvalue weighted by atomic mass is 10.1. The van der Waals surface area contributed by atoms with Crippen LogP contribution in [-0.4, -0.2) is 20.7 Å². The molecule has 1 amide bonds. The number of hydrogen-bond donors (Lipinski definition) is 1. The van der Waals surface area contributed by atoms with Crippen LogP contribution < -0.4 is 5.32 Å². The molecule has 134 valence electrons. The van der Waals surface area contributed by atoms with Crippen molar-refractivity contribution in [2.24, 2.45) is 0 Å². The Morgan fingerprint density at radius 2 is 1.96 bits per heavy atom. The molecule has 0 fully saturated rings. The Hall–Kier alpha value is -3.25. The van der Waals surface area contributed by atoms with Gasteiger partial charge in [-0.3, -0.25) is 9.48 Å². The molecule has 2 aromatic carbocycles. The van der Waals surface area contributed by atoms with Crippen LogP contribution in [0, 0.1) is 0 Å². The van der Waals surface area contributed by atoms with E-state index in [9.17, 15) is 4.79 Å². The molecule has 1 N–H and O–H groups in total. The van der Waals surface area contributed by atoms with Crippen LogP contribution in [0.1, 0.15) is 21.6 Å². The van der Waals surface area contributed by atoms with E-state index in [0.717, 1.165) is 21.8 Å². The summed E-state index contributed by atoms with van der Waals surface area (Å²) in [7, 11) is 0. The van der Waals surface area contributed by atoms with Gasteiger partial charge in [-0.15, -0.1) is 11.3 Å². The molecule has 0 unspecified atom stereocenters. The van der Waals surface area contributed by atoms with Crippen LogP contribution in [0.5, 0.6) is 0 Å². The highest BCUT2D eigenvalue weighted by Crippen LogP contribution is 2.23. The summed E-state index contributed by atoms with van der Waals surface area (Å²) in [6.45, 7) is 1.05. The summed E-state index contributed by atoms with van der Waals surface area (Å²) in [5.41, 5.74) is 3.62. The van der Waals surface area contributed by atoms with Gasteiger partial charge < -0.3 is 5.32 Å². The lowest BCUT2D eigenvalue weighted by molar-refractivity contribution is 0.0950. The molecule has 2 heterocycles. The van der Waals surface area contributed by atoms with Gasteiger partial charge in [-0.05, 0) is 23.8 Å². The zero-order chi connectivity index (χ0) is 18.5. The van der Waals surface area contributed by atoms with E-state index >= 15 is 0 Å². The van der Waals surface area contributed by atoms with Crippen molar-refractivity contribution in [1.29, 1.82) is 0 Å². The first-order chi connectivity index (χ1) is 13.3. The summed E-state index contributed by atoms with van der Waals surface area (Å²) in [6, 6.07) is 19.5. The minimum atomic E-state index is -0.105. The number of amides is 1. The summed E-state index contributed by atoms with van der Waals surface area (Å²) in [5, 5.41) is 10.1. The maximum atomic E-state index is 12.5. The molecule has 0 spiro atoms. The van der Waals surface area contributed by atoms with Crippen LogP contribution in [-0.2, 0) is 13.1 Å². The van der Waals surface area contributed by atoms with Crippen LogP contribution in [0.3, 0.4) is 0 Å². The summed E-state index contributed by atoms with van der Waals surface area (Å²) >= 11 is 1.58. The highest BCUT2D eigenvalue weighted by atomic mass is 32.1. The average molecular weight is 374 g/mol. The van der Waals surface area contributed by atoms with E-state index in [1.807, 2.05) is 76.9 Å². The summed E-state index contributed by atoms with van der Waals surface area (Å²) in [5.74, 6) is -0.105. The lowest BCUT2D eigenvalue weighted by Gasteiger charge is -2.06. The van der Waals surface area contributed by atoms with Gasteiger partial charge in [0, 0.05) is 28.9 Å². The van der Waals surface area contributed by atoms with E-state index in [1.165, 1.54) is 0 Å². The normalized spacial score (nSPS) is 10.7. The first-order valence-electron chi connectivity index (χ1n) is 8.62. The zero-order valence-corrected chi connectivity index (χ0v) is 15.4. The SMILES string of the molecule is O=C(NCc1csc(-c2ccccc2)n1)c1cccc(Cn2cccn2)c1. The monoisotopic (exact) mass is 374 g/mol. The molecular weight excluding hydrogens is 356 g/mol. The van der Waals surface area contributed by atoms with E-state index in [4.69, 9.17) is 0 Å². The van der Waals surface area contributed by atoms with Crippen LogP contribution >= 0.6 is 11.3 Å². The van der Waals surface area contributed by atoms with E-state index in [0.29, 0.717) is 18.7 Å². The van der Waals surface area contributed by atoms with Crippen molar-refractivity contribution in [3.63, 3.8) is 0 Å². The molecule has 4 aromatic rings. The van der Waals surface area contributed by atoms with E-state index < -0.39 is 0 Å². The zero-order valence-electron chi connectivity index (χ0n) is 14.6. The molecule has 0 radical (unpaired) electrons. The molecule has 6 heteroatoms. The molecule has 0 atom stereocenters. The van der Waals surface area contributed by atoms with Crippen molar-refractivity contribution in [2.45, 2.75) is 13.1 Å². The number of hydrogen-bond acceptors (Lipinski definition) is 4. The fraction of sp³-hybridized carbons (Fsp3) is 0.0952. The number of rotatable bonds is 6. The molecular formula is C21H18N4OS. The molecule has 0 aliphatic heterocycles. The number of nitrogens with one attached hydrogen (secondary N) is 1. The third kappa shape index (κ3) is 4.30. The number of carbonyl (C=O) groups excluding carboxylic acids is 1. The molecule has 5 nitrogen and oxygen atoms in total. The maximum Gasteiger partial charge on any atom is 0.251 e. The molecule has 0 aliphatic carbocycles. The second-order valence-corrected chi connectivity index (χ2v) is 6.95. The van der Waals surface area contributed by atoms with Gasteiger partial charge in [0.05, 0.1) is 18.8 Å². The van der Waals surface area contributed by atoms with Gasteiger partial charge >= 0.3 is 0 Å². The first-order valence-corrected chi connectivity index (χ1v) is 9.50. The Morgan fingerprint density at radius 3 is 2.78 bits per heavy atom. The van der Waals surface area contributed by atoms with Crippen molar-refractivity contribution in [3.05, 3.63) is 95.3 Å². The van der Waals surface area contributed by atoms with Crippen molar-refractivity contribution in [1.82, 2.24) is 20.1 Å². The van der Waals surface area contributed by atoms with Crippen LogP contribution in [0.25, 0.3) is 10.6 Å². The predicted molar refractivity (Wildman–Crippen MR) is 106 cm³/mol. The van der Waals surface area contributed by atoms with Crippen LogP contribution in [0.4, 0.5) is 0 Å². The van der Waals surface area contributed by atoms with Gasteiger partial charge in [0.15, 0.2) is 0 Å².